The summed E-state index contributed by atoms with van der Waals surface area (Å²) in [5, 5.41) is 4.17. The lowest BCUT2D eigenvalue weighted by Crippen LogP contribution is -2.13. The summed E-state index contributed by atoms with van der Waals surface area (Å²) < 4.78 is 11.2. The fourth-order valence-electron chi connectivity index (χ4n) is 1.49. The molecule has 1 aromatic heterocycles. The number of hydrogen-bond donors (Lipinski definition) is 0. The highest BCUT2D eigenvalue weighted by atomic mass is 16.5. The van der Waals surface area contributed by atoms with Crippen LogP contribution in [0.4, 0.5) is 0 Å². The summed E-state index contributed by atoms with van der Waals surface area (Å²) in [5.74, 6) is -0.836. The number of aryl methyl sites for hydroxylation is 1. The molecule has 19 heavy (non-hydrogen) atoms. The molecule has 6 heteroatoms. The lowest BCUT2D eigenvalue weighted by atomic mass is 10.3. The van der Waals surface area contributed by atoms with Gasteiger partial charge in [0.25, 0.3) is 0 Å². The van der Waals surface area contributed by atoms with Gasteiger partial charge in [-0.2, -0.15) is 5.10 Å². The fourth-order valence-corrected chi connectivity index (χ4v) is 1.49. The summed E-state index contributed by atoms with van der Waals surface area (Å²) in [4.78, 5) is 22.8. The zero-order chi connectivity index (χ0) is 14.3. The zero-order valence-corrected chi connectivity index (χ0v) is 11.4. The van der Waals surface area contributed by atoms with Crippen LogP contribution in [0, 0.1) is 6.92 Å². The number of nitrogens with zero attached hydrogens (tertiary/aromatic N) is 2. The molecule has 0 atom stereocenters. The quantitative estimate of drug-likeness (QED) is 0.576. The monoisotopic (exact) mass is 266 g/mol. The van der Waals surface area contributed by atoms with E-state index in [0.29, 0.717) is 31.1 Å². The molecular formula is C13H18N2O4. The average molecular weight is 266 g/mol. The molecule has 0 aliphatic carbocycles. The van der Waals surface area contributed by atoms with Crippen LogP contribution < -0.4 is 0 Å². The summed E-state index contributed by atoms with van der Waals surface area (Å²) in [6.45, 7) is 6.21. The molecule has 0 aliphatic rings. The maximum atomic E-state index is 11.7. The Bertz CT molecular complexity index is 477. The lowest BCUT2D eigenvalue weighted by Gasteiger charge is -2.03. The van der Waals surface area contributed by atoms with Gasteiger partial charge in [0.2, 0.25) is 0 Å². The smallest absolute Gasteiger partial charge is 0.356 e. The van der Waals surface area contributed by atoms with Gasteiger partial charge in [0.15, 0.2) is 0 Å². The van der Waals surface area contributed by atoms with Crippen molar-refractivity contribution >= 4 is 11.9 Å². The van der Waals surface area contributed by atoms with Crippen LogP contribution in [-0.2, 0) is 20.8 Å². The number of ether oxygens (including phenoxy) is 2. The molecule has 1 aromatic rings. The minimum atomic E-state index is -0.423. The van der Waals surface area contributed by atoms with Gasteiger partial charge < -0.3 is 9.47 Å². The van der Waals surface area contributed by atoms with Crippen molar-refractivity contribution in [1.29, 1.82) is 0 Å². The van der Waals surface area contributed by atoms with Crippen LogP contribution in [-0.4, -0.2) is 34.9 Å². The van der Waals surface area contributed by atoms with E-state index in [0.717, 1.165) is 0 Å². The number of carbonyl (C=O) groups excluding carboxylic acids is 2. The summed E-state index contributed by atoms with van der Waals surface area (Å²) >= 11 is 0. The van der Waals surface area contributed by atoms with Crippen LogP contribution in [0.3, 0.4) is 0 Å². The minimum Gasteiger partial charge on any atom is -0.463 e. The van der Waals surface area contributed by atoms with E-state index in [2.05, 4.69) is 5.10 Å². The Labute approximate surface area is 112 Å². The van der Waals surface area contributed by atoms with Crippen molar-refractivity contribution in [3.8, 4) is 0 Å². The number of carbonyl (C=O) groups is 2. The van der Waals surface area contributed by atoms with Gasteiger partial charge in [0.1, 0.15) is 5.69 Å². The maximum Gasteiger partial charge on any atom is 0.356 e. The van der Waals surface area contributed by atoms with Crippen molar-refractivity contribution in [2.75, 3.05) is 13.2 Å². The molecule has 0 aliphatic heterocycles. The SMILES string of the molecule is CCOC(=O)/C=C/Cn1nc(C)cc1C(=O)OCC. The second kappa shape index (κ2) is 7.35. The molecule has 0 aromatic carbocycles. The summed E-state index contributed by atoms with van der Waals surface area (Å²) in [6, 6.07) is 1.65. The lowest BCUT2D eigenvalue weighted by molar-refractivity contribution is -0.137. The first-order valence-electron chi connectivity index (χ1n) is 6.13. The second-order valence-electron chi connectivity index (χ2n) is 3.73. The normalized spacial score (nSPS) is 10.7. The maximum absolute atomic E-state index is 11.7. The van der Waals surface area contributed by atoms with Crippen molar-refractivity contribution in [2.24, 2.45) is 0 Å². The largest absolute Gasteiger partial charge is 0.463 e. The summed E-state index contributed by atoms with van der Waals surface area (Å²) in [6.07, 6.45) is 2.91. The van der Waals surface area contributed by atoms with Gasteiger partial charge in [0.05, 0.1) is 25.5 Å². The predicted octanol–water partition coefficient (Wildman–Crippen LogP) is 1.49. The molecule has 0 spiro atoms. The molecule has 1 rings (SSSR count). The predicted molar refractivity (Wildman–Crippen MR) is 68.7 cm³/mol. The molecule has 0 radical (unpaired) electrons. The van der Waals surface area contributed by atoms with E-state index in [1.165, 1.54) is 10.8 Å². The Morgan fingerprint density at radius 3 is 2.63 bits per heavy atom. The van der Waals surface area contributed by atoms with Crippen molar-refractivity contribution in [3.63, 3.8) is 0 Å². The Morgan fingerprint density at radius 2 is 2.00 bits per heavy atom. The Morgan fingerprint density at radius 1 is 1.32 bits per heavy atom. The van der Waals surface area contributed by atoms with Crippen LogP contribution in [0.1, 0.15) is 30.0 Å². The average Bonchev–Trinajstić information content (AvgIpc) is 2.71. The van der Waals surface area contributed by atoms with E-state index in [4.69, 9.17) is 9.47 Å². The molecule has 0 bridgehead atoms. The van der Waals surface area contributed by atoms with Crippen molar-refractivity contribution in [2.45, 2.75) is 27.3 Å². The van der Waals surface area contributed by atoms with Gasteiger partial charge in [-0.3, -0.25) is 4.68 Å². The van der Waals surface area contributed by atoms with Crippen LogP contribution in [0.25, 0.3) is 0 Å². The van der Waals surface area contributed by atoms with E-state index in [-0.39, 0.29) is 0 Å². The standard InChI is InChI=1S/C13H18N2O4/c1-4-18-12(16)7-6-8-15-11(9-10(3)14-15)13(17)19-5-2/h6-7,9H,4-5,8H2,1-3H3/b7-6+. The van der Waals surface area contributed by atoms with E-state index in [1.54, 1.807) is 32.9 Å². The molecule has 0 fully saturated rings. The van der Waals surface area contributed by atoms with Gasteiger partial charge in [-0.25, -0.2) is 9.59 Å². The van der Waals surface area contributed by atoms with E-state index < -0.39 is 11.9 Å². The summed E-state index contributed by atoms with van der Waals surface area (Å²) in [7, 11) is 0. The number of aromatic nitrogens is 2. The van der Waals surface area contributed by atoms with Crippen LogP contribution >= 0.6 is 0 Å². The number of allylic oxidation sites excluding steroid dienone is 1. The summed E-state index contributed by atoms with van der Waals surface area (Å²) in [5.41, 5.74) is 1.08. The molecular weight excluding hydrogens is 248 g/mol. The highest BCUT2D eigenvalue weighted by molar-refractivity contribution is 5.87. The van der Waals surface area contributed by atoms with Crippen molar-refractivity contribution in [1.82, 2.24) is 9.78 Å². The van der Waals surface area contributed by atoms with E-state index >= 15 is 0 Å². The Kier molecular flexibility index (Phi) is 5.78. The van der Waals surface area contributed by atoms with E-state index in [1.807, 2.05) is 0 Å². The number of hydrogen-bond acceptors (Lipinski definition) is 5. The highest BCUT2D eigenvalue weighted by Gasteiger charge is 2.14. The third kappa shape index (κ3) is 4.57. The third-order valence-electron chi connectivity index (χ3n) is 2.21. The van der Waals surface area contributed by atoms with Crippen molar-refractivity contribution < 1.29 is 19.1 Å². The molecule has 1 heterocycles. The molecule has 0 saturated heterocycles. The first kappa shape index (κ1) is 14.9. The second-order valence-corrected chi connectivity index (χ2v) is 3.73. The van der Waals surface area contributed by atoms with Gasteiger partial charge in [-0.1, -0.05) is 6.08 Å². The van der Waals surface area contributed by atoms with Gasteiger partial charge in [0, 0.05) is 6.08 Å². The first-order chi connectivity index (χ1) is 9.08. The Balaban J connectivity index is 2.73. The topological polar surface area (TPSA) is 70.4 Å². The molecule has 104 valence electrons. The van der Waals surface area contributed by atoms with Crippen molar-refractivity contribution in [3.05, 3.63) is 29.6 Å². The van der Waals surface area contributed by atoms with E-state index in [9.17, 15) is 9.59 Å². The van der Waals surface area contributed by atoms with Gasteiger partial charge in [-0.15, -0.1) is 0 Å². The fraction of sp³-hybridized carbons (Fsp3) is 0.462. The highest BCUT2D eigenvalue weighted by Crippen LogP contribution is 2.06. The zero-order valence-electron chi connectivity index (χ0n) is 11.4. The molecule has 0 unspecified atom stereocenters. The first-order valence-corrected chi connectivity index (χ1v) is 6.13. The minimum absolute atomic E-state index is 0.306. The molecule has 6 nitrogen and oxygen atoms in total. The van der Waals surface area contributed by atoms with Crippen LogP contribution in [0.2, 0.25) is 0 Å². The Hall–Kier alpha value is -2.11. The third-order valence-corrected chi connectivity index (χ3v) is 2.21. The molecule has 0 N–H and O–H groups in total. The number of esters is 2. The van der Waals surface area contributed by atoms with Gasteiger partial charge >= 0.3 is 11.9 Å². The van der Waals surface area contributed by atoms with Crippen LogP contribution in [0.5, 0.6) is 0 Å². The molecule has 0 saturated carbocycles. The molecule has 0 amide bonds. The number of rotatable bonds is 6. The van der Waals surface area contributed by atoms with Crippen LogP contribution in [0.15, 0.2) is 18.2 Å². The van der Waals surface area contributed by atoms with Gasteiger partial charge in [-0.05, 0) is 26.8 Å².